The van der Waals surface area contributed by atoms with E-state index in [2.05, 4.69) is 4.90 Å². The minimum absolute atomic E-state index is 0.359. The molecule has 3 rings (SSSR count). The molecular formula is C15H23ClN2O2S2. The van der Waals surface area contributed by atoms with Gasteiger partial charge in [-0.2, -0.15) is 4.31 Å². The van der Waals surface area contributed by atoms with Crippen molar-refractivity contribution in [2.75, 3.05) is 32.7 Å². The van der Waals surface area contributed by atoms with Crippen LogP contribution in [-0.4, -0.2) is 50.3 Å². The monoisotopic (exact) mass is 362 g/mol. The van der Waals surface area contributed by atoms with Crippen molar-refractivity contribution in [2.45, 2.75) is 36.3 Å². The minimum Gasteiger partial charge on any atom is -0.300 e. The van der Waals surface area contributed by atoms with Crippen molar-refractivity contribution in [3.05, 3.63) is 16.5 Å². The molecule has 0 radical (unpaired) electrons. The summed E-state index contributed by atoms with van der Waals surface area (Å²) in [4.78, 5) is 2.43. The molecule has 4 nitrogen and oxygen atoms in total. The van der Waals surface area contributed by atoms with E-state index < -0.39 is 10.0 Å². The maximum Gasteiger partial charge on any atom is 0.252 e. The van der Waals surface area contributed by atoms with Crippen molar-refractivity contribution in [3.63, 3.8) is 0 Å². The van der Waals surface area contributed by atoms with Crippen molar-refractivity contribution in [3.8, 4) is 0 Å². The lowest BCUT2D eigenvalue weighted by Crippen LogP contribution is -2.49. The largest absolute Gasteiger partial charge is 0.300 e. The SMILES string of the molecule is O=S(=O)(c1ccc(Cl)s1)N1CCN(CC2CCCCC2)CC1. The Bertz CT molecular complexity index is 588. The van der Waals surface area contributed by atoms with Gasteiger partial charge in [0.1, 0.15) is 4.21 Å². The number of halogens is 1. The summed E-state index contributed by atoms with van der Waals surface area (Å²) >= 11 is 7.00. The van der Waals surface area contributed by atoms with E-state index in [-0.39, 0.29) is 0 Å². The Hall–Kier alpha value is -0.140. The Morgan fingerprint density at radius 1 is 1.09 bits per heavy atom. The van der Waals surface area contributed by atoms with Gasteiger partial charge in [-0.3, -0.25) is 0 Å². The van der Waals surface area contributed by atoms with Crippen LogP contribution in [0, 0.1) is 5.92 Å². The molecule has 0 aromatic carbocycles. The lowest BCUT2D eigenvalue weighted by atomic mass is 9.89. The molecule has 1 saturated heterocycles. The molecule has 1 saturated carbocycles. The molecule has 1 aromatic rings. The summed E-state index contributed by atoms with van der Waals surface area (Å²) in [6.45, 7) is 4.00. The summed E-state index contributed by atoms with van der Waals surface area (Å²) in [6, 6.07) is 3.26. The number of piperazine rings is 1. The van der Waals surface area contributed by atoms with E-state index in [0.29, 0.717) is 21.6 Å². The minimum atomic E-state index is -3.36. The molecule has 2 aliphatic rings. The zero-order valence-corrected chi connectivity index (χ0v) is 15.1. The molecule has 0 unspecified atom stereocenters. The fraction of sp³-hybridized carbons (Fsp3) is 0.733. The van der Waals surface area contributed by atoms with Crippen LogP contribution in [0.25, 0.3) is 0 Å². The molecule has 2 heterocycles. The fourth-order valence-corrected chi connectivity index (χ4v) is 6.51. The van der Waals surface area contributed by atoms with Gasteiger partial charge in [0.2, 0.25) is 0 Å². The van der Waals surface area contributed by atoms with E-state index in [1.165, 1.54) is 32.1 Å². The van der Waals surface area contributed by atoms with E-state index in [4.69, 9.17) is 11.6 Å². The van der Waals surface area contributed by atoms with Crippen LogP contribution < -0.4 is 0 Å². The van der Waals surface area contributed by atoms with Gasteiger partial charge in [-0.25, -0.2) is 8.42 Å². The Morgan fingerprint density at radius 3 is 2.36 bits per heavy atom. The zero-order valence-electron chi connectivity index (χ0n) is 12.7. The number of rotatable bonds is 4. The first-order chi connectivity index (χ1) is 10.6. The molecule has 1 aliphatic carbocycles. The number of hydrogen-bond donors (Lipinski definition) is 0. The summed E-state index contributed by atoms with van der Waals surface area (Å²) in [5.41, 5.74) is 0. The van der Waals surface area contributed by atoms with Gasteiger partial charge in [0.25, 0.3) is 10.0 Å². The van der Waals surface area contributed by atoms with Crippen LogP contribution in [0.2, 0.25) is 4.34 Å². The first-order valence-corrected chi connectivity index (χ1v) is 10.7. The van der Waals surface area contributed by atoms with Gasteiger partial charge in [0, 0.05) is 32.7 Å². The second-order valence-corrected chi connectivity index (χ2v) is 10.1. The molecule has 0 N–H and O–H groups in total. The molecule has 0 spiro atoms. The van der Waals surface area contributed by atoms with E-state index in [1.54, 1.807) is 16.4 Å². The summed E-state index contributed by atoms with van der Waals surface area (Å²) < 4.78 is 27.6. The van der Waals surface area contributed by atoms with E-state index in [1.807, 2.05) is 0 Å². The number of nitrogens with zero attached hydrogens (tertiary/aromatic N) is 2. The molecule has 0 amide bonds. The third-order valence-corrected chi connectivity index (χ3v) is 8.31. The van der Waals surface area contributed by atoms with Crippen LogP contribution in [0.1, 0.15) is 32.1 Å². The van der Waals surface area contributed by atoms with E-state index >= 15 is 0 Å². The first-order valence-electron chi connectivity index (χ1n) is 8.03. The summed E-state index contributed by atoms with van der Waals surface area (Å²) in [7, 11) is -3.36. The molecule has 1 aliphatic heterocycles. The maximum absolute atomic E-state index is 12.6. The molecular weight excluding hydrogens is 340 g/mol. The van der Waals surface area contributed by atoms with Gasteiger partial charge in [-0.15, -0.1) is 11.3 Å². The van der Waals surface area contributed by atoms with Crippen molar-refractivity contribution >= 4 is 33.0 Å². The van der Waals surface area contributed by atoms with Gasteiger partial charge in [-0.1, -0.05) is 30.9 Å². The quantitative estimate of drug-likeness (QED) is 0.825. The van der Waals surface area contributed by atoms with Gasteiger partial charge in [0.15, 0.2) is 0 Å². The average Bonchev–Trinajstić information content (AvgIpc) is 2.96. The van der Waals surface area contributed by atoms with Crippen LogP contribution in [0.5, 0.6) is 0 Å². The highest BCUT2D eigenvalue weighted by atomic mass is 35.5. The van der Waals surface area contributed by atoms with Crippen LogP contribution in [0.3, 0.4) is 0 Å². The Balaban J connectivity index is 1.55. The fourth-order valence-electron chi connectivity index (χ4n) is 3.45. The average molecular weight is 363 g/mol. The molecule has 0 bridgehead atoms. The third-order valence-electron chi connectivity index (χ3n) is 4.72. The summed E-state index contributed by atoms with van der Waals surface area (Å²) in [6.07, 6.45) is 6.78. The normalized spacial score (nSPS) is 23.0. The molecule has 2 fully saturated rings. The van der Waals surface area contributed by atoms with Crippen molar-refractivity contribution in [2.24, 2.45) is 5.92 Å². The topological polar surface area (TPSA) is 40.6 Å². The Labute approximate surface area is 142 Å². The van der Waals surface area contributed by atoms with Gasteiger partial charge in [0.05, 0.1) is 4.34 Å². The van der Waals surface area contributed by atoms with Crippen LogP contribution in [-0.2, 0) is 10.0 Å². The molecule has 1 aromatic heterocycles. The first kappa shape index (κ1) is 16.7. The molecule has 22 heavy (non-hydrogen) atoms. The molecule has 124 valence electrons. The summed E-state index contributed by atoms with van der Waals surface area (Å²) in [5, 5.41) is 0. The Morgan fingerprint density at radius 2 is 1.77 bits per heavy atom. The zero-order chi connectivity index (χ0) is 15.6. The predicted octanol–water partition coefficient (Wildman–Crippen LogP) is 3.29. The highest BCUT2D eigenvalue weighted by molar-refractivity contribution is 7.91. The molecule has 0 atom stereocenters. The van der Waals surface area contributed by atoms with Gasteiger partial charge < -0.3 is 4.90 Å². The smallest absolute Gasteiger partial charge is 0.252 e. The van der Waals surface area contributed by atoms with E-state index in [9.17, 15) is 8.42 Å². The maximum atomic E-state index is 12.6. The third kappa shape index (κ3) is 3.85. The van der Waals surface area contributed by atoms with E-state index in [0.717, 1.165) is 36.9 Å². The van der Waals surface area contributed by atoms with Crippen molar-refractivity contribution in [1.82, 2.24) is 9.21 Å². The molecule has 7 heteroatoms. The highest BCUT2D eigenvalue weighted by Crippen LogP contribution is 2.29. The van der Waals surface area contributed by atoms with Crippen LogP contribution in [0.15, 0.2) is 16.3 Å². The lowest BCUT2D eigenvalue weighted by Gasteiger charge is -2.36. The second kappa shape index (κ2) is 7.18. The van der Waals surface area contributed by atoms with Crippen LogP contribution in [0.4, 0.5) is 0 Å². The van der Waals surface area contributed by atoms with Gasteiger partial charge in [-0.05, 0) is 30.9 Å². The Kier molecular flexibility index (Phi) is 5.45. The number of sulfonamides is 1. The van der Waals surface area contributed by atoms with Crippen LogP contribution >= 0.6 is 22.9 Å². The second-order valence-electron chi connectivity index (χ2n) is 6.27. The number of thiophene rings is 1. The van der Waals surface area contributed by atoms with Gasteiger partial charge >= 0.3 is 0 Å². The lowest BCUT2D eigenvalue weighted by molar-refractivity contribution is 0.150. The standard InChI is InChI=1S/C15H23ClN2O2S2/c16-14-6-7-15(21-14)22(19,20)18-10-8-17(9-11-18)12-13-4-2-1-3-5-13/h6-7,13H,1-5,8-12H2. The van der Waals surface area contributed by atoms with Crippen molar-refractivity contribution < 1.29 is 8.42 Å². The summed E-state index contributed by atoms with van der Waals surface area (Å²) in [5.74, 6) is 0.813. The number of hydrogen-bond acceptors (Lipinski definition) is 4. The van der Waals surface area contributed by atoms with Crippen molar-refractivity contribution in [1.29, 1.82) is 0 Å². The predicted molar refractivity (Wildman–Crippen MR) is 91.1 cm³/mol. The highest BCUT2D eigenvalue weighted by Gasteiger charge is 2.30.